The molecular weight excluding hydrogens is 482 g/mol. The van der Waals surface area contributed by atoms with E-state index in [1.54, 1.807) is 30.1 Å². The van der Waals surface area contributed by atoms with Gasteiger partial charge in [0.15, 0.2) is 0 Å². The Bertz CT molecular complexity index is 1370. The number of rotatable bonds is 5. The van der Waals surface area contributed by atoms with Crippen LogP contribution in [0.3, 0.4) is 0 Å². The van der Waals surface area contributed by atoms with Crippen molar-refractivity contribution in [2.45, 2.75) is 51.4 Å². The van der Waals surface area contributed by atoms with Crippen LogP contribution in [0.1, 0.15) is 43.5 Å². The van der Waals surface area contributed by atoms with Crippen LogP contribution in [-0.4, -0.2) is 54.5 Å². The van der Waals surface area contributed by atoms with E-state index >= 15 is 0 Å². The number of fused-ring (bicyclic) bond motifs is 3. The van der Waals surface area contributed by atoms with E-state index in [0.29, 0.717) is 29.8 Å². The van der Waals surface area contributed by atoms with Gasteiger partial charge < -0.3 is 25.0 Å². The van der Waals surface area contributed by atoms with E-state index in [0.717, 1.165) is 16.5 Å². The molecule has 0 aliphatic carbocycles. The Morgan fingerprint density at radius 1 is 1.03 bits per heavy atom. The maximum atomic E-state index is 13.4. The third-order valence-corrected chi connectivity index (χ3v) is 7.28. The quantitative estimate of drug-likeness (QED) is 0.507. The highest BCUT2D eigenvalue weighted by Gasteiger charge is 2.39. The number of hydrogen-bond acceptors (Lipinski definition) is 5. The lowest BCUT2D eigenvalue weighted by atomic mass is 9.94. The average molecular weight is 516 g/mol. The van der Waals surface area contributed by atoms with E-state index in [4.69, 9.17) is 9.47 Å². The average Bonchev–Trinajstić information content (AvgIpc) is 2.91. The molecule has 3 atom stereocenters. The van der Waals surface area contributed by atoms with Crippen LogP contribution >= 0.6 is 0 Å². The maximum absolute atomic E-state index is 13.4. The van der Waals surface area contributed by atoms with Gasteiger partial charge in [0.05, 0.1) is 24.1 Å². The second-order valence-electron chi connectivity index (χ2n) is 10.3. The lowest BCUT2D eigenvalue weighted by Crippen LogP contribution is -2.53. The number of ether oxygens (including phenoxy) is 2. The van der Waals surface area contributed by atoms with Crippen molar-refractivity contribution in [1.29, 1.82) is 0 Å². The summed E-state index contributed by atoms with van der Waals surface area (Å²) < 4.78 is 12.4. The highest BCUT2D eigenvalue weighted by atomic mass is 16.5. The van der Waals surface area contributed by atoms with Gasteiger partial charge >= 0.3 is 0 Å². The Morgan fingerprint density at radius 3 is 2.63 bits per heavy atom. The number of hydrogen-bond donors (Lipinski definition) is 2. The minimum Gasteiger partial charge on any atom is -0.490 e. The van der Waals surface area contributed by atoms with Crippen LogP contribution in [0, 0.1) is 5.92 Å². The number of carbonyl (C=O) groups is 3. The Balaban J connectivity index is 1.26. The summed E-state index contributed by atoms with van der Waals surface area (Å²) in [7, 11) is 1.77. The van der Waals surface area contributed by atoms with Gasteiger partial charge in [-0.05, 0) is 42.5 Å². The van der Waals surface area contributed by atoms with Gasteiger partial charge in [-0.15, -0.1) is 0 Å². The molecule has 0 spiro atoms. The molecule has 5 rings (SSSR count). The molecule has 0 aromatic heterocycles. The molecule has 2 aliphatic rings. The summed E-state index contributed by atoms with van der Waals surface area (Å²) in [5.74, 6) is -0.140. The summed E-state index contributed by atoms with van der Waals surface area (Å²) in [6.45, 7) is 3.89. The first-order chi connectivity index (χ1) is 18.3. The Kier molecular flexibility index (Phi) is 7.33. The summed E-state index contributed by atoms with van der Waals surface area (Å²) in [6, 6.07) is 18.7. The van der Waals surface area contributed by atoms with Crippen molar-refractivity contribution in [3.8, 4) is 5.75 Å². The molecule has 0 saturated carbocycles. The van der Waals surface area contributed by atoms with Crippen LogP contribution in [0.25, 0.3) is 10.8 Å². The molecule has 2 aliphatic heterocycles. The molecule has 3 aromatic rings. The van der Waals surface area contributed by atoms with Gasteiger partial charge in [-0.2, -0.15) is 0 Å². The zero-order valence-corrected chi connectivity index (χ0v) is 21.9. The van der Waals surface area contributed by atoms with Crippen LogP contribution < -0.4 is 15.4 Å². The zero-order chi connectivity index (χ0) is 26.8. The number of benzene rings is 3. The molecule has 8 nitrogen and oxygen atoms in total. The summed E-state index contributed by atoms with van der Waals surface area (Å²) >= 11 is 0. The first kappa shape index (κ1) is 25.7. The van der Waals surface area contributed by atoms with Gasteiger partial charge in [0.1, 0.15) is 18.5 Å². The largest absolute Gasteiger partial charge is 0.490 e. The van der Waals surface area contributed by atoms with Crippen molar-refractivity contribution < 1.29 is 23.9 Å². The molecule has 1 fully saturated rings. The van der Waals surface area contributed by atoms with E-state index in [2.05, 4.69) is 10.6 Å². The molecule has 38 heavy (non-hydrogen) atoms. The molecule has 198 valence electrons. The maximum Gasteiger partial charge on any atom is 0.257 e. The van der Waals surface area contributed by atoms with Gasteiger partial charge in [-0.25, -0.2) is 0 Å². The molecule has 1 saturated heterocycles. The molecule has 2 heterocycles. The number of likely N-dealkylation sites (N-methyl/N-ethyl adjacent to an activating group) is 1. The zero-order valence-electron chi connectivity index (χ0n) is 21.9. The number of amides is 3. The van der Waals surface area contributed by atoms with Crippen molar-refractivity contribution in [2.24, 2.45) is 5.92 Å². The smallest absolute Gasteiger partial charge is 0.257 e. The summed E-state index contributed by atoms with van der Waals surface area (Å²) in [6.07, 6.45) is 0.938. The number of anilines is 2. The van der Waals surface area contributed by atoms with Gasteiger partial charge in [-0.3, -0.25) is 14.4 Å². The van der Waals surface area contributed by atoms with E-state index in [9.17, 15) is 14.4 Å². The van der Waals surface area contributed by atoms with Gasteiger partial charge in [0, 0.05) is 29.7 Å². The molecule has 2 N–H and O–H groups in total. The third-order valence-electron chi connectivity index (χ3n) is 7.28. The molecule has 0 bridgehead atoms. The second-order valence-corrected chi connectivity index (χ2v) is 10.3. The third kappa shape index (κ3) is 5.36. The number of nitrogens with zero attached hydrogens (tertiary/aromatic N) is 1. The monoisotopic (exact) mass is 515 g/mol. The minimum atomic E-state index is -0.360. The van der Waals surface area contributed by atoms with E-state index in [-0.39, 0.29) is 54.9 Å². The van der Waals surface area contributed by atoms with Crippen molar-refractivity contribution in [3.05, 3.63) is 66.2 Å². The number of carbonyl (C=O) groups excluding carboxylic acids is 3. The molecule has 0 unspecified atom stereocenters. The molecular formula is C30H33N3O5. The van der Waals surface area contributed by atoms with Gasteiger partial charge in [-0.1, -0.05) is 50.2 Å². The predicted molar refractivity (Wildman–Crippen MR) is 146 cm³/mol. The molecule has 3 amide bonds. The lowest BCUT2D eigenvalue weighted by molar-refractivity contribution is -0.130. The molecule has 0 radical (unpaired) electrons. The van der Waals surface area contributed by atoms with Gasteiger partial charge in [0.25, 0.3) is 5.91 Å². The van der Waals surface area contributed by atoms with Crippen molar-refractivity contribution in [3.63, 3.8) is 0 Å². The van der Waals surface area contributed by atoms with Crippen LogP contribution in [0.15, 0.2) is 60.7 Å². The number of nitrogens with one attached hydrogen (secondary N) is 2. The van der Waals surface area contributed by atoms with E-state index in [1.165, 1.54) is 0 Å². The summed E-state index contributed by atoms with van der Waals surface area (Å²) in [5.41, 5.74) is 1.74. The van der Waals surface area contributed by atoms with Crippen molar-refractivity contribution in [1.82, 2.24) is 4.90 Å². The lowest BCUT2D eigenvalue weighted by Gasteiger charge is -2.42. The van der Waals surface area contributed by atoms with Crippen LogP contribution in [0.2, 0.25) is 0 Å². The summed E-state index contributed by atoms with van der Waals surface area (Å²) in [4.78, 5) is 40.1. The fraction of sp³-hybridized carbons (Fsp3) is 0.367. The molecule has 3 aromatic carbocycles. The normalized spacial score (nSPS) is 21.1. The van der Waals surface area contributed by atoms with Crippen molar-refractivity contribution >= 4 is 39.9 Å². The van der Waals surface area contributed by atoms with Gasteiger partial charge in [0.2, 0.25) is 11.8 Å². The SMILES string of the molecule is CC(C)C(=O)Nc1ccc2c(c1)C(=O)N(C)[C@H]1CC[C@H](CC(=O)Nc3cccc4ccccc34)O[C@@H]1CO2. The second kappa shape index (κ2) is 10.8. The predicted octanol–water partition coefficient (Wildman–Crippen LogP) is 4.84. The Labute approximate surface area is 222 Å². The first-order valence-corrected chi connectivity index (χ1v) is 13.1. The topological polar surface area (TPSA) is 97.0 Å². The minimum absolute atomic E-state index is 0.109. The standard InChI is InChI=1S/C30H33N3O5/c1-18(2)29(35)31-20-11-14-26-23(15-20)30(36)33(3)25-13-12-21(38-27(25)17-37-26)16-28(34)32-24-10-6-8-19-7-4-5-9-22(19)24/h4-11,14-15,18,21,25,27H,12-13,16-17H2,1-3H3,(H,31,35)(H,32,34)/t21-,25+,27-/m1/s1. The highest BCUT2D eigenvalue weighted by molar-refractivity contribution is 6.02. The Morgan fingerprint density at radius 2 is 1.82 bits per heavy atom. The van der Waals surface area contributed by atoms with Crippen LogP contribution in [-0.2, 0) is 14.3 Å². The van der Waals surface area contributed by atoms with E-state index in [1.807, 2.05) is 56.3 Å². The summed E-state index contributed by atoms with van der Waals surface area (Å²) in [5, 5.41) is 7.94. The van der Waals surface area contributed by atoms with Crippen LogP contribution in [0.5, 0.6) is 5.75 Å². The fourth-order valence-corrected chi connectivity index (χ4v) is 5.13. The van der Waals surface area contributed by atoms with Crippen LogP contribution in [0.4, 0.5) is 11.4 Å². The highest BCUT2D eigenvalue weighted by Crippen LogP contribution is 2.33. The molecule has 8 heteroatoms. The van der Waals surface area contributed by atoms with E-state index < -0.39 is 0 Å². The Hall–Kier alpha value is -3.91. The first-order valence-electron chi connectivity index (χ1n) is 13.1. The van der Waals surface area contributed by atoms with Crippen molar-refractivity contribution in [2.75, 3.05) is 24.3 Å². The fourth-order valence-electron chi connectivity index (χ4n) is 5.13.